The number of thiazole rings is 1. The molecule has 7 heteroatoms. The SMILES string of the molecule is Cc1csc(CNC(=O)C2CSCN2C(=O)CC(C)(C)C)n1. The highest BCUT2D eigenvalue weighted by Crippen LogP contribution is 2.26. The Hall–Kier alpha value is -1.08. The second kappa shape index (κ2) is 7.00. The second-order valence-electron chi connectivity index (χ2n) is 6.72. The first-order valence-corrected chi connectivity index (χ1v) is 9.35. The first-order valence-electron chi connectivity index (χ1n) is 7.32. The number of aromatic nitrogens is 1. The maximum absolute atomic E-state index is 12.4. The first-order chi connectivity index (χ1) is 10.3. The smallest absolute Gasteiger partial charge is 0.244 e. The van der Waals surface area contributed by atoms with Crippen LogP contribution < -0.4 is 5.32 Å². The van der Waals surface area contributed by atoms with Gasteiger partial charge in [-0.25, -0.2) is 4.98 Å². The zero-order chi connectivity index (χ0) is 16.3. The van der Waals surface area contributed by atoms with Crippen LogP contribution in [0.5, 0.6) is 0 Å². The summed E-state index contributed by atoms with van der Waals surface area (Å²) in [5.41, 5.74) is 0.900. The molecular formula is C15H23N3O2S2. The predicted octanol–water partition coefficient (Wildman–Crippen LogP) is 2.41. The molecule has 1 aromatic heterocycles. The Morgan fingerprint density at radius 2 is 2.18 bits per heavy atom. The Kier molecular flexibility index (Phi) is 5.50. The fourth-order valence-corrected chi connectivity index (χ4v) is 4.12. The molecule has 1 fully saturated rings. The van der Waals surface area contributed by atoms with Crippen LogP contribution in [0.3, 0.4) is 0 Å². The average molecular weight is 342 g/mol. The molecule has 1 aliphatic heterocycles. The third-order valence-corrected chi connectivity index (χ3v) is 5.25. The molecule has 1 atom stereocenters. The van der Waals surface area contributed by atoms with E-state index in [1.807, 2.05) is 33.1 Å². The highest BCUT2D eigenvalue weighted by molar-refractivity contribution is 7.99. The van der Waals surface area contributed by atoms with Gasteiger partial charge in [-0.05, 0) is 12.3 Å². The van der Waals surface area contributed by atoms with Gasteiger partial charge in [0.15, 0.2) is 0 Å². The predicted molar refractivity (Wildman–Crippen MR) is 90.7 cm³/mol. The molecule has 22 heavy (non-hydrogen) atoms. The average Bonchev–Trinajstić information content (AvgIpc) is 3.02. The Morgan fingerprint density at radius 3 is 2.77 bits per heavy atom. The number of hydrogen-bond donors (Lipinski definition) is 1. The van der Waals surface area contributed by atoms with E-state index >= 15 is 0 Å². The van der Waals surface area contributed by atoms with E-state index in [1.54, 1.807) is 16.7 Å². The maximum Gasteiger partial charge on any atom is 0.244 e. The lowest BCUT2D eigenvalue weighted by molar-refractivity contribution is -0.139. The first kappa shape index (κ1) is 17.3. The zero-order valence-corrected chi connectivity index (χ0v) is 15.1. The molecule has 0 bridgehead atoms. The number of rotatable bonds is 4. The van der Waals surface area contributed by atoms with E-state index < -0.39 is 0 Å². The Labute approximate surface area is 139 Å². The lowest BCUT2D eigenvalue weighted by Crippen LogP contribution is -2.47. The van der Waals surface area contributed by atoms with Gasteiger partial charge in [0.2, 0.25) is 11.8 Å². The molecule has 1 N–H and O–H groups in total. The van der Waals surface area contributed by atoms with Crippen LogP contribution in [0, 0.1) is 12.3 Å². The van der Waals surface area contributed by atoms with Crippen molar-refractivity contribution in [3.8, 4) is 0 Å². The molecule has 2 heterocycles. The molecule has 1 saturated heterocycles. The minimum absolute atomic E-state index is 0.0581. The standard InChI is InChI=1S/C15H23N3O2S2/c1-10-7-22-12(17-10)6-16-14(20)11-8-21-9-18(11)13(19)5-15(2,3)4/h7,11H,5-6,8-9H2,1-4H3,(H,16,20). The number of carbonyl (C=O) groups is 2. The quantitative estimate of drug-likeness (QED) is 0.913. The van der Waals surface area contributed by atoms with Crippen molar-refractivity contribution >= 4 is 34.9 Å². The highest BCUT2D eigenvalue weighted by atomic mass is 32.2. The maximum atomic E-state index is 12.4. The molecule has 0 spiro atoms. The molecule has 2 rings (SSSR count). The van der Waals surface area contributed by atoms with Gasteiger partial charge < -0.3 is 10.2 Å². The number of aryl methyl sites for hydroxylation is 1. The van der Waals surface area contributed by atoms with E-state index in [1.165, 1.54) is 11.3 Å². The van der Waals surface area contributed by atoms with Crippen LogP contribution in [0.1, 0.15) is 37.9 Å². The van der Waals surface area contributed by atoms with E-state index in [0.29, 0.717) is 24.6 Å². The number of carbonyl (C=O) groups excluding carboxylic acids is 2. The van der Waals surface area contributed by atoms with Gasteiger partial charge in [0.05, 0.1) is 12.4 Å². The van der Waals surface area contributed by atoms with Gasteiger partial charge >= 0.3 is 0 Å². The number of thioether (sulfide) groups is 1. The zero-order valence-electron chi connectivity index (χ0n) is 13.5. The van der Waals surface area contributed by atoms with Crippen LogP contribution in [0.4, 0.5) is 0 Å². The van der Waals surface area contributed by atoms with Crippen LogP contribution in [0.25, 0.3) is 0 Å². The van der Waals surface area contributed by atoms with Crippen LogP contribution in [-0.2, 0) is 16.1 Å². The number of nitrogens with one attached hydrogen (secondary N) is 1. The third-order valence-electron chi connectivity index (χ3n) is 3.27. The van der Waals surface area contributed by atoms with Gasteiger partial charge in [0, 0.05) is 23.2 Å². The van der Waals surface area contributed by atoms with Crippen LogP contribution >= 0.6 is 23.1 Å². The molecule has 2 amide bonds. The lowest BCUT2D eigenvalue weighted by Gasteiger charge is -2.26. The fourth-order valence-electron chi connectivity index (χ4n) is 2.23. The lowest BCUT2D eigenvalue weighted by atomic mass is 9.91. The van der Waals surface area contributed by atoms with E-state index in [-0.39, 0.29) is 23.3 Å². The summed E-state index contributed by atoms with van der Waals surface area (Å²) in [6.07, 6.45) is 0.461. The van der Waals surface area contributed by atoms with Crippen molar-refractivity contribution in [1.29, 1.82) is 0 Å². The molecule has 1 aromatic rings. The number of hydrogen-bond acceptors (Lipinski definition) is 5. The monoisotopic (exact) mass is 341 g/mol. The molecule has 0 aliphatic carbocycles. The van der Waals surface area contributed by atoms with E-state index in [4.69, 9.17) is 0 Å². The van der Waals surface area contributed by atoms with Crippen molar-refractivity contribution in [2.45, 2.75) is 46.7 Å². The Balaban J connectivity index is 1.91. The molecular weight excluding hydrogens is 318 g/mol. The summed E-state index contributed by atoms with van der Waals surface area (Å²) >= 11 is 3.17. The van der Waals surface area contributed by atoms with Crippen molar-refractivity contribution in [2.24, 2.45) is 5.41 Å². The number of nitrogens with zero attached hydrogens (tertiary/aromatic N) is 2. The van der Waals surface area contributed by atoms with Gasteiger partial charge in [-0.1, -0.05) is 20.8 Å². The number of amides is 2. The molecule has 0 saturated carbocycles. The van der Waals surface area contributed by atoms with Gasteiger partial charge in [0.25, 0.3) is 0 Å². The van der Waals surface area contributed by atoms with Crippen LogP contribution in [0.2, 0.25) is 0 Å². The van der Waals surface area contributed by atoms with Crippen molar-refractivity contribution < 1.29 is 9.59 Å². The molecule has 0 radical (unpaired) electrons. The van der Waals surface area contributed by atoms with Crippen molar-refractivity contribution in [2.75, 3.05) is 11.6 Å². The van der Waals surface area contributed by atoms with E-state index in [0.717, 1.165) is 10.7 Å². The summed E-state index contributed by atoms with van der Waals surface area (Å²) in [4.78, 5) is 30.8. The molecule has 122 valence electrons. The van der Waals surface area contributed by atoms with Crippen molar-refractivity contribution in [3.63, 3.8) is 0 Å². The molecule has 1 unspecified atom stereocenters. The normalized spacial score (nSPS) is 18.5. The summed E-state index contributed by atoms with van der Waals surface area (Å²) in [6.45, 7) is 8.47. The second-order valence-corrected chi connectivity index (χ2v) is 8.66. The van der Waals surface area contributed by atoms with Crippen molar-refractivity contribution in [1.82, 2.24) is 15.2 Å². The molecule has 5 nitrogen and oxygen atoms in total. The minimum atomic E-state index is -0.360. The summed E-state index contributed by atoms with van der Waals surface area (Å²) < 4.78 is 0. The van der Waals surface area contributed by atoms with E-state index in [9.17, 15) is 9.59 Å². The highest BCUT2D eigenvalue weighted by Gasteiger charge is 2.35. The molecule has 1 aliphatic rings. The topological polar surface area (TPSA) is 62.3 Å². The van der Waals surface area contributed by atoms with Gasteiger partial charge in [-0.2, -0.15) is 0 Å². The van der Waals surface area contributed by atoms with Gasteiger partial charge in [0.1, 0.15) is 11.0 Å². The minimum Gasteiger partial charge on any atom is -0.348 e. The van der Waals surface area contributed by atoms with Gasteiger partial charge in [-0.3, -0.25) is 9.59 Å². The van der Waals surface area contributed by atoms with Gasteiger partial charge in [-0.15, -0.1) is 23.1 Å². The fraction of sp³-hybridized carbons (Fsp3) is 0.667. The summed E-state index contributed by atoms with van der Waals surface area (Å²) in [5.74, 6) is 1.24. The summed E-state index contributed by atoms with van der Waals surface area (Å²) in [5, 5.41) is 5.76. The Bertz CT molecular complexity index is 551. The van der Waals surface area contributed by atoms with Crippen LogP contribution in [-0.4, -0.2) is 39.4 Å². The largest absolute Gasteiger partial charge is 0.348 e. The third kappa shape index (κ3) is 4.71. The van der Waals surface area contributed by atoms with E-state index in [2.05, 4.69) is 10.3 Å². The Morgan fingerprint density at radius 1 is 1.45 bits per heavy atom. The summed E-state index contributed by atoms with van der Waals surface area (Å²) in [6, 6.07) is -0.360. The van der Waals surface area contributed by atoms with Crippen LogP contribution in [0.15, 0.2) is 5.38 Å². The van der Waals surface area contributed by atoms with Crippen molar-refractivity contribution in [3.05, 3.63) is 16.1 Å². The summed E-state index contributed by atoms with van der Waals surface area (Å²) in [7, 11) is 0. The molecule has 0 aromatic carbocycles.